The van der Waals surface area contributed by atoms with E-state index in [1.54, 1.807) is 12.3 Å². The van der Waals surface area contributed by atoms with Crippen LogP contribution >= 0.6 is 0 Å². The van der Waals surface area contributed by atoms with E-state index in [-0.39, 0.29) is 30.6 Å². The number of nitriles is 1. The van der Waals surface area contributed by atoms with E-state index in [4.69, 9.17) is 0 Å². The number of rotatable bonds is 4. The molecule has 0 aromatic heterocycles. The molecule has 1 aromatic carbocycles. The van der Waals surface area contributed by atoms with Crippen molar-refractivity contribution >= 4 is 23.9 Å². The molecule has 10 heteroatoms. The smallest absolute Gasteiger partial charge is 0.344 e. The van der Waals surface area contributed by atoms with E-state index in [0.29, 0.717) is 37.7 Å². The fourth-order valence-corrected chi connectivity index (χ4v) is 5.02. The predicted molar refractivity (Wildman–Crippen MR) is 131 cm³/mol. The summed E-state index contributed by atoms with van der Waals surface area (Å²) in [6, 6.07) is 5.15. The highest BCUT2D eigenvalue weighted by Gasteiger charge is 2.36. The van der Waals surface area contributed by atoms with Crippen molar-refractivity contribution in [2.45, 2.75) is 77.1 Å². The van der Waals surface area contributed by atoms with Gasteiger partial charge in [0.2, 0.25) is 17.7 Å². The van der Waals surface area contributed by atoms with E-state index < -0.39 is 47.5 Å². The number of fused-ring (bicyclic) bond motifs is 1. The summed E-state index contributed by atoms with van der Waals surface area (Å²) in [4.78, 5) is 42.7. The molecule has 0 spiro atoms. The maximum Gasteiger partial charge on any atom is 0.416 e. The summed E-state index contributed by atoms with van der Waals surface area (Å²) in [6.45, 7) is 3.79. The molecule has 1 aromatic rings. The van der Waals surface area contributed by atoms with Crippen LogP contribution in [0.25, 0.3) is 0 Å². The average molecular weight is 519 g/mol. The molecule has 1 fully saturated rings. The molecule has 1 saturated heterocycles. The van der Waals surface area contributed by atoms with Crippen LogP contribution in [0.5, 0.6) is 0 Å². The van der Waals surface area contributed by atoms with Crippen molar-refractivity contribution in [1.29, 1.82) is 5.26 Å². The molecule has 2 N–H and O–H groups in total. The van der Waals surface area contributed by atoms with Crippen LogP contribution in [0.2, 0.25) is 0 Å². The molecule has 5 atom stereocenters. The number of alkyl halides is 3. The highest BCUT2D eigenvalue weighted by Crippen LogP contribution is 2.31. The number of benzene rings is 1. The maximum atomic E-state index is 13.3. The fraction of sp³-hybridized carbons (Fsp3) is 0.593. The van der Waals surface area contributed by atoms with E-state index >= 15 is 0 Å². The lowest BCUT2D eigenvalue weighted by atomic mass is 9.84. The summed E-state index contributed by atoms with van der Waals surface area (Å²) in [5.74, 6) is -2.48. The third-order valence-corrected chi connectivity index (χ3v) is 6.98. The van der Waals surface area contributed by atoms with Crippen LogP contribution in [0.4, 0.5) is 13.2 Å². The minimum atomic E-state index is -4.49. The maximum absolute atomic E-state index is 13.3. The topological polar surface area (TPSA) is 111 Å². The van der Waals surface area contributed by atoms with Gasteiger partial charge in [0.05, 0.1) is 17.6 Å². The predicted octanol–water partition coefficient (Wildman–Crippen LogP) is 4.21. The van der Waals surface area contributed by atoms with Gasteiger partial charge in [0.15, 0.2) is 0 Å². The number of halogens is 3. The van der Waals surface area contributed by atoms with E-state index in [9.17, 15) is 32.8 Å². The van der Waals surface area contributed by atoms with Gasteiger partial charge < -0.3 is 10.6 Å². The van der Waals surface area contributed by atoms with Crippen molar-refractivity contribution in [3.63, 3.8) is 0 Å². The standard InChI is InChI=1S/C27H33F3N4O3/c1-16(2)10-23-26(37)33-21(14-31)13-22-19(15-32-25(22)36)8-4-3-7-18(24(35)34-23)11-17-6-5-9-20(12-17)27(28,29)30/h5-6,9,12,15-16,18-19,21-23H,3-4,7-8,10-11,13H2,1-2H3,(H,33,37)(H,34,35)/t18-,19+,21+,22+,23+/m1/s1. The number of hydrogen-bond donors (Lipinski definition) is 2. The minimum Gasteiger partial charge on any atom is -0.344 e. The quantitative estimate of drug-likeness (QED) is 0.622. The normalized spacial score (nSPS) is 27.7. The summed E-state index contributed by atoms with van der Waals surface area (Å²) in [7, 11) is 0. The Labute approximate surface area is 214 Å². The second-order valence-corrected chi connectivity index (χ2v) is 10.4. The van der Waals surface area contributed by atoms with Gasteiger partial charge in [0.25, 0.3) is 0 Å². The first-order chi connectivity index (χ1) is 17.5. The van der Waals surface area contributed by atoms with Crippen LogP contribution in [0.1, 0.15) is 63.5 Å². The number of aliphatic imine (C=N–C) groups is 1. The number of nitrogens with zero attached hydrogens (tertiary/aromatic N) is 2. The van der Waals surface area contributed by atoms with E-state index in [1.807, 2.05) is 19.9 Å². The first-order valence-corrected chi connectivity index (χ1v) is 12.7. The molecular formula is C27H33F3N4O3. The van der Waals surface area contributed by atoms with Crippen LogP contribution in [-0.2, 0) is 27.0 Å². The van der Waals surface area contributed by atoms with Crippen molar-refractivity contribution in [2.24, 2.45) is 28.7 Å². The van der Waals surface area contributed by atoms with E-state index in [1.165, 1.54) is 6.07 Å². The molecule has 7 nitrogen and oxygen atoms in total. The fourth-order valence-electron chi connectivity index (χ4n) is 5.02. The first kappa shape index (κ1) is 28.4. The van der Waals surface area contributed by atoms with Crippen LogP contribution in [0.3, 0.4) is 0 Å². The Balaban J connectivity index is 1.86. The molecule has 3 amide bonds. The molecule has 0 unspecified atom stereocenters. The molecule has 3 rings (SSSR count). The number of carbonyl (C=O) groups is 3. The Hall–Kier alpha value is -3.22. The summed E-state index contributed by atoms with van der Waals surface area (Å²) in [5, 5.41) is 15.1. The van der Waals surface area contributed by atoms with E-state index in [2.05, 4.69) is 15.6 Å². The van der Waals surface area contributed by atoms with Crippen molar-refractivity contribution < 1.29 is 27.6 Å². The third-order valence-electron chi connectivity index (χ3n) is 6.98. The van der Waals surface area contributed by atoms with Gasteiger partial charge in [0, 0.05) is 18.1 Å². The van der Waals surface area contributed by atoms with Gasteiger partial charge >= 0.3 is 6.18 Å². The molecular weight excluding hydrogens is 485 g/mol. The number of amides is 3. The van der Waals surface area contributed by atoms with Gasteiger partial charge in [-0.3, -0.25) is 14.4 Å². The van der Waals surface area contributed by atoms with E-state index in [0.717, 1.165) is 12.1 Å². The Morgan fingerprint density at radius 3 is 2.51 bits per heavy atom. The van der Waals surface area contributed by atoms with Gasteiger partial charge in [-0.25, -0.2) is 4.99 Å². The molecule has 0 saturated carbocycles. The summed E-state index contributed by atoms with van der Waals surface area (Å²) >= 11 is 0. The third kappa shape index (κ3) is 7.88. The summed E-state index contributed by atoms with van der Waals surface area (Å²) in [5.41, 5.74) is -0.388. The van der Waals surface area contributed by atoms with Gasteiger partial charge in [0.1, 0.15) is 12.1 Å². The van der Waals surface area contributed by atoms with Gasteiger partial charge in [-0.15, -0.1) is 0 Å². The Bertz CT molecular complexity index is 1060. The highest BCUT2D eigenvalue weighted by atomic mass is 19.4. The summed E-state index contributed by atoms with van der Waals surface area (Å²) < 4.78 is 39.7. The van der Waals surface area contributed by atoms with Crippen LogP contribution in [0, 0.1) is 35.0 Å². The van der Waals surface area contributed by atoms with Gasteiger partial charge in [-0.2, -0.15) is 18.4 Å². The average Bonchev–Trinajstić information content (AvgIpc) is 3.17. The van der Waals surface area contributed by atoms with Crippen molar-refractivity contribution in [3.05, 3.63) is 35.4 Å². The van der Waals surface area contributed by atoms with Crippen molar-refractivity contribution in [2.75, 3.05) is 0 Å². The molecule has 0 radical (unpaired) electrons. The zero-order chi connectivity index (χ0) is 27.2. The number of carbonyl (C=O) groups excluding carboxylic acids is 3. The molecule has 2 heterocycles. The molecule has 2 aliphatic heterocycles. The molecule has 0 aliphatic carbocycles. The molecule has 200 valence electrons. The lowest BCUT2D eigenvalue weighted by Crippen LogP contribution is -2.52. The van der Waals surface area contributed by atoms with Crippen LogP contribution < -0.4 is 10.6 Å². The minimum absolute atomic E-state index is 0.0478. The number of nitrogens with one attached hydrogen (secondary N) is 2. The van der Waals surface area contributed by atoms with Gasteiger partial charge in [-0.05, 0) is 49.7 Å². The van der Waals surface area contributed by atoms with Crippen LogP contribution in [-0.4, -0.2) is 36.0 Å². The summed E-state index contributed by atoms with van der Waals surface area (Å²) in [6.07, 6.45) is 0.0165. The van der Waals surface area contributed by atoms with Crippen molar-refractivity contribution in [1.82, 2.24) is 10.6 Å². The monoisotopic (exact) mass is 518 g/mol. The first-order valence-electron chi connectivity index (χ1n) is 12.7. The molecule has 37 heavy (non-hydrogen) atoms. The second-order valence-electron chi connectivity index (χ2n) is 10.4. The SMILES string of the molecule is CC(C)C[C@@H]1NC(=O)[C@@H](Cc2cccc(C(F)(F)F)c2)CCCC[C@H]2C=NC(=O)[C@H]2C[C@@H](C#N)NC1=O. The Morgan fingerprint density at radius 1 is 1.11 bits per heavy atom. The molecule has 2 aliphatic rings. The largest absolute Gasteiger partial charge is 0.416 e. The highest BCUT2D eigenvalue weighted by molar-refractivity contribution is 5.95. The van der Waals surface area contributed by atoms with Crippen LogP contribution in [0.15, 0.2) is 29.3 Å². The second kappa shape index (κ2) is 12.3. The molecule has 0 bridgehead atoms. The van der Waals surface area contributed by atoms with Gasteiger partial charge in [-0.1, -0.05) is 44.9 Å². The van der Waals surface area contributed by atoms with Crippen molar-refractivity contribution in [3.8, 4) is 6.07 Å². The Kier molecular flexibility index (Phi) is 9.46. The Morgan fingerprint density at radius 2 is 1.84 bits per heavy atom. The zero-order valence-corrected chi connectivity index (χ0v) is 21.1. The lowest BCUT2D eigenvalue weighted by Gasteiger charge is -2.27. The number of hydrogen-bond acceptors (Lipinski definition) is 4. The zero-order valence-electron chi connectivity index (χ0n) is 21.1. The lowest BCUT2D eigenvalue weighted by molar-refractivity contribution is -0.137.